The number of hydrogen-bond acceptors (Lipinski definition) is 4. The van der Waals surface area contributed by atoms with E-state index < -0.39 is 0 Å². The normalized spacial score (nSPS) is 19.6. The van der Waals surface area contributed by atoms with Crippen molar-refractivity contribution in [3.05, 3.63) is 47.8 Å². The van der Waals surface area contributed by atoms with Gasteiger partial charge in [-0.15, -0.1) is 0 Å². The van der Waals surface area contributed by atoms with Crippen LogP contribution >= 0.6 is 0 Å². The Morgan fingerprint density at radius 1 is 1.33 bits per heavy atom. The Hall–Kier alpha value is -1.69. The Morgan fingerprint density at radius 2 is 2.21 bits per heavy atom. The van der Waals surface area contributed by atoms with E-state index in [1.54, 1.807) is 0 Å². The quantitative estimate of drug-likeness (QED) is 0.842. The molecule has 0 N–H and O–H groups in total. The highest BCUT2D eigenvalue weighted by Gasteiger charge is 2.19. The van der Waals surface area contributed by atoms with Crippen LogP contribution in [0.2, 0.25) is 0 Å². The van der Waals surface area contributed by atoms with E-state index in [1.165, 1.54) is 11.1 Å². The summed E-state index contributed by atoms with van der Waals surface area (Å²) in [5.41, 5.74) is 3.82. The molecule has 24 heavy (non-hydrogen) atoms. The van der Waals surface area contributed by atoms with Crippen LogP contribution in [0.3, 0.4) is 0 Å². The van der Waals surface area contributed by atoms with Gasteiger partial charge in [-0.1, -0.05) is 6.07 Å². The van der Waals surface area contributed by atoms with Crippen LogP contribution in [-0.2, 0) is 11.3 Å². The smallest absolute Gasteiger partial charge is 0.0648 e. The summed E-state index contributed by atoms with van der Waals surface area (Å²) < 4.78 is 7.70. The average Bonchev–Trinajstić information content (AvgIpc) is 2.98. The topological polar surface area (TPSA) is 33.5 Å². The molecule has 2 heterocycles. The summed E-state index contributed by atoms with van der Waals surface area (Å²) in [5, 5.41) is 4.31. The molecule has 2 aromatic rings. The maximum Gasteiger partial charge on any atom is 0.0648 e. The third-order valence-electron chi connectivity index (χ3n) is 4.53. The first-order valence-corrected chi connectivity index (χ1v) is 8.66. The maximum atomic E-state index is 5.79. The van der Waals surface area contributed by atoms with Crippen molar-refractivity contribution in [2.24, 2.45) is 5.92 Å². The molecular formula is C19H28N4O. The first kappa shape index (κ1) is 17.1. The monoisotopic (exact) mass is 328 g/mol. The van der Waals surface area contributed by atoms with Gasteiger partial charge in [-0.05, 0) is 50.3 Å². The molecule has 130 valence electrons. The van der Waals surface area contributed by atoms with Gasteiger partial charge in [0.05, 0.1) is 18.9 Å². The van der Waals surface area contributed by atoms with Crippen LogP contribution in [0.1, 0.15) is 11.1 Å². The van der Waals surface area contributed by atoms with Gasteiger partial charge in [0.15, 0.2) is 0 Å². The molecule has 3 rings (SSSR count). The Bertz CT molecular complexity index is 639. The Balaban J connectivity index is 1.68. The second-order valence-electron chi connectivity index (χ2n) is 7.00. The molecule has 1 aliphatic rings. The van der Waals surface area contributed by atoms with E-state index in [1.807, 2.05) is 23.1 Å². The predicted molar refractivity (Wildman–Crippen MR) is 96.4 cm³/mol. The molecule has 0 bridgehead atoms. The minimum atomic E-state index is 0.575. The highest BCUT2D eigenvalue weighted by molar-refractivity contribution is 5.39. The molecule has 5 nitrogen and oxygen atoms in total. The van der Waals surface area contributed by atoms with Crippen molar-refractivity contribution in [3.63, 3.8) is 0 Å². The number of hydrogen-bond donors (Lipinski definition) is 0. The molecule has 5 heteroatoms. The van der Waals surface area contributed by atoms with Crippen molar-refractivity contribution in [2.45, 2.75) is 13.5 Å². The zero-order valence-electron chi connectivity index (χ0n) is 15.0. The largest absolute Gasteiger partial charge is 0.380 e. The third kappa shape index (κ3) is 4.44. The van der Waals surface area contributed by atoms with E-state index in [2.05, 4.69) is 54.1 Å². The summed E-state index contributed by atoms with van der Waals surface area (Å²) >= 11 is 0. The molecule has 0 radical (unpaired) electrons. The fourth-order valence-electron chi connectivity index (χ4n) is 3.39. The van der Waals surface area contributed by atoms with Crippen LogP contribution in [0.25, 0.3) is 5.69 Å². The molecule has 0 aliphatic carbocycles. The van der Waals surface area contributed by atoms with Crippen LogP contribution in [-0.4, -0.2) is 66.5 Å². The van der Waals surface area contributed by atoms with Gasteiger partial charge in [0.25, 0.3) is 0 Å². The zero-order chi connectivity index (χ0) is 16.9. The van der Waals surface area contributed by atoms with Gasteiger partial charge >= 0.3 is 0 Å². The van der Waals surface area contributed by atoms with E-state index in [4.69, 9.17) is 4.74 Å². The second kappa shape index (κ2) is 7.92. The summed E-state index contributed by atoms with van der Waals surface area (Å²) in [7, 11) is 4.26. The number of ether oxygens (including phenoxy) is 1. The third-order valence-corrected chi connectivity index (χ3v) is 4.53. The van der Waals surface area contributed by atoms with E-state index >= 15 is 0 Å². The molecule has 0 spiro atoms. The summed E-state index contributed by atoms with van der Waals surface area (Å²) in [6.45, 7) is 8.04. The maximum absolute atomic E-state index is 5.79. The number of nitrogens with zero attached hydrogens (tertiary/aromatic N) is 4. The summed E-state index contributed by atoms with van der Waals surface area (Å²) in [6, 6.07) is 8.55. The minimum Gasteiger partial charge on any atom is -0.380 e. The van der Waals surface area contributed by atoms with E-state index in [0.29, 0.717) is 5.92 Å². The van der Waals surface area contributed by atoms with Gasteiger partial charge in [-0.25, -0.2) is 4.68 Å². The number of aryl methyl sites for hydroxylation is 1. The van der Waals surface area contributed by atoms with Gasteiger partial charge in [-0.3, -0.25) is 4.90 Å². The average molecular weight is 328 g/mol. The molecule has 0 saturated carbocycles. The Labute approximate surface area is 144 Å². The van der Waals surface area contributed by atoms with Crippen LogP contribution < -0.4 is 0 Å². The van der Waals surface area contributed by atoms with Crippen molar-refractivity contribution in [2.75, 3.05) is 46.9 Å². The first-order chi connectivity index (χ1) is 11.6. The van der Waals surface area contributed by atoms with Crippen molar-refractivity contribution in [3.8, 4) is 5.69 Å². The molecular weight excluding hydrogens is 300 g/mol. The van der Waals surface area contributed by atoms with Gasteiger partial charge in [0, 0.05) is 44.5 Å². The minimum absolute atomic E-state index is 0.575. The molecule has 1 aromatic heterocycles. The fourth-order valence-corrected chi connectivity index (χ4v) is 3.39. The number of rotatable bonds is 5. The molecule has 0 unspecified atom stereocenters. The highest BCUT2D eigenvalue weighted by Crippen LogP contribution is 2.18. The summed E-state index contributed by atoms with van der Waals surface area (Å²) in [6.07, 6.45) is 3.79. The lowest BCUT2D eigenvalue weighted by molar-refractivity contribution is 0.112. The lowest BCUT2D eigenvalue weighted by atomic mass is 10.1. The summed E-state index contributed by atoms with van der Waals surface area (Å²) in [5.74, 6) is 0.575. The van der Waals surface area contributed by atoms with Gasteiger partial charge < -0.3 is 9.64 Å². The molecule has 0 amide bonds. The van der Waals surface area contributed by atoms with E-state index in [9.17, 15) is 0 Å². The fraction of sp³-hybridized carbons (Fsp3) is 0.526. The molecule has 1 fully saturated rings. The van der Waals surface area contributed by atoms with Crippen LogP contribution in [0.5, 0.6) is 0 Å². The predicted octanol–water partition coefficient (Wildman–Crippen LogP) is 2.19. The van der Waals surface area contributed by atoms with Crippen molar-refractivity contribution in [1.29, 1.82) is 0 Å². The van der Waals surface area contributed by atoms with E-state index in [-0.39, 0.29) is 0 Å². The molecule has 1 aromatic carbocycles. The first-order valence-electron chi connectivity index (χ1n) is 8.66. The van der Waals surface area contributed by atoms with Crippen LogP contribution in [0.4, 0.5) is 0 Å². The molecule has 1 saturated heterocycles. The number of benzene rings is 1. The molecule has 1 atom stereocenters. The van der Waals surface area contributed by atoms with E-state index in [0.717, 1.165) is 45.1 Å². The SMILES string of the molecule is Cc1cc(-n2cccn2)ccc1CN1CCOC[C@H](CN(C)C)C1. The lowest BCUT2D eigenvalue weighted by Crippen LogP contribution is -2.34. The van der Waals surface area contributed by atoms with Gasteiger partial charge in [-0.2, -0.15) is 5.10 Å². The van der Waals surface area contributed by atoms with Crippen molar-refractivity contribution < 1.29 is 4.74 Å². The van der Waals surface area contributed by atoms with Crippen LogP contribution in [0.15, 0.2) is 36.7 Å². The zero-order valence-corrected chi connectivity index (χ0v) is 15.0. The molecule has 1 aliphatic heterocycles. The van der Waals surface area contributed by atoms with Crippen molar-refractivity contribution >= 4 is 0 Å². The van der Waals surface area contributed by atoms with Gasteiger partial charge in [0.2, 0.25) is 0 Å². The highest BCUT2D eigenvalue weighted by atomic mass is 16.5. The van der Waals surface area contributed by atoms with Crippen LogP contribution in [0, 0.1) is 12.8 Å². The Morgan fingerprint density at radius 3 is 2.92 bits per heavy atom. The van der Waals surface area contributed by atoms with Crippen molar-refractivity contribution in [1.82, 2.24) is 19.6 Å². The standard InChI is InChI=1S/C19H28N4O/c1-16-11-19(23-8-4-7-20-23)6-5-18(16)14-22-9-10-24-15-17(13-22)12-21(2)3/h4-8,11,17H,9-10,12-15H2,1-3H3/t17-/m1/s1. The summed E-state index contributed by atoms with van der Waals surface area (Å²) in [4.78, 5) is 4.78. The number of aromatic nitrogens is 2. The lowest BCUT2D eigenvalue weighted by Gasteiger charge is -2.26. The second-order valence-corrected chi connectivity index (χ2v) is 7.00. The Kier molecular flexibility index (Phi) is 5.66. The van der Waals surface area contributed by atoms with Gasteiger partial charge in [0.1, 0.15) is 0 Å².